The van der Waals surface area contributed by atoms with E-state index in [0.717, 1.165) is 200 Å². The number of benzene rings is 17. The van der Waals surface area contributed by atoms with Crippen LogP contribution in [0.15, 0.2) is 388 Å². The molecule has 21 rings (SSSR count). The first-order valence-corrected chi connectivity index (χ1v) is 42.9. The monoisotopic (exact) mass is 1570 g/mol. The van der Waals surface area contributed by atoms with Gasteiger partial charge in [-0.1, -0.05) is 341 Å². The number of fused-ring (bicyclic) bond motifs is 10. The van der Waals surface area contributed by atoms with E-state index in [-0.39, 0.29) is 5.41 Å². The van der Waals surface area contributed by atoms with Crippen molar-refractivity contribution in [2.45, 2.75) is 81.5 Å². The van der Waals surface area contributed by atoms with Crippen LogP contribution in [0.3, 0.4) is 0 Å². The molecule has 17 aromatic carbocycles. The topological polar surface area (TPSA) is 16.3 Å². The van der Waals surface area contributed by atoms with Crippen LogP contribution in [0.1, 0.15) is 84.5 Å². The molecule has 2 aliphatic heterocycles. The Morgan fingerprint density at radius 2 is 0.516 bits per heavy atom. The van der Waals surface area contributed by atoms with E-state index in [2.05, 4.69) is 428 Å². The summed E-state index contributed by atoms with van der Waals surface area (Å²) in [4.78, 5) is 5.16. The molecule has 2 aliphatic rings. The lowest BCUT2D eigenvalue weighted by Gasteiger charge is -2.46. The summed E-state index contributed by atoms with van der Waals surface area (Å²) in [6.07, 6.45) is -2.97. The molecule has 122 heavy (non-hydrogen) atoms. The van der Waals surface area contributed by atoms with Crippen molar-refractivity contribution in [1.29, 1.82) is 0 Å². The Morgan fingerprint density at radius 3 is 0.795 bits per heavy atom. The van der Waals surface area contributed by atoms with Gasteiger partial charge in [-0.3, -0.25) is 0 Å². The van der Waals surface area contributed by atoms with Gasteiger partial charge in [0, 0.05) is 72.3 Å². The van der Waals surface area contributed by atoms with Crippen molar-refractivity contribution < 1.29 is 5.48 Å². The van der Waals surface area contributed by atoms with Crippen LogP contribution < -0.4 is 26.2 Å². The van der Waals surface area contributed by atoms with E-state index in [1.807, 2.05) is 41.5 Å². The van der Waals surface area contributed by atoms with Gasteiger partial charge in [0.1, 0.15) is 0 Å². The molecular formula is C117H97BN4. The van der Waals surface area contributed by atoms with Crippen molar-refractivity contribution in [1.82, 2.24) is 9.13 Å². The summed E-state index contributed by atoms with van der Waals surface area (Å²) in [6.45, 7) is 18.7. The minimum Gasteiger partial charge on any atom is -0.311 e. The molecule has 0 atom stereocenters. The van der Waals surface area contributed by atoms with E-state index >= 15 is 0 Å². The largest absolute Gasteiger partial charge is 0.311 e. The van der Waals surface area contributed by atoms with Gasteiger partial charge in [0.15, 0.2) is 0 Å². The quantitative estimate of drug-likeness (QED) is 0.0951. The number of nitrogens with zero attached hydrogens (tertiary/aromatic N) is 4. The summed E-state index contributed by atoms with van der Waals surface area (Å²) < 4.78 is 47.1. The molecule has 588 valence electrons. The standard InChI is InChI=1S/C117H97BN4/c1-115(2,3)74-77-62-112-114-113(63-77)122(109-73-95(83-44-28-15-29-45-83)91(76-117(7,8)9)69-97(109)85-48-32-17-33-49-85)111-71-93(120-106-60-52-88(80-38-22-12-23-39-80)66-100(106)101-67-89(53-61-107(101)120)81-40-24-13-25-41-81)55-57-103(111)118(114)102-56-54-92(119-104-58-50-86(78-34-18-10-19-35-78)64-98(104)99-65-87(51-59-105(99)119)79-36-20-11-21-37-79)70-110(102)121(112)108-72-94(82-42-26-14-27-43-82)90(75-116(4,5)6)68-96(108)84-46-30-16-31-47-84/h10-73H,74-76H2,1-9H3/i75D2,76D2. The fourth-order valence-electron chi connectivity index (χ4n) is 19.4. The Hall–Kier alpha value is -14.0. The highest BCUT2D eigenvalue weighted by Gasteiger charge is 2.46. The number of hydrogen-bond donors (Lipinski definition) is 0. The highest BCUT2D eigenvalue weighted by Crippen LogP contribution is 2.54. The van der Waals surface area contributed by atoms with Gasteiger partial charge in [-0.15, -0.1) is 0 Å². The summed E-state index contributed by atoms with van der Waals surface area (Å²) >= 11 is 0. The predicted octanol–water partition coefficient (Wildman–Crippen LogP) is 30.1. The molecule has 0 N–H and O–H groups in total. The van der Waals surface area contributed by atoms with Gasteiger partial charge in [-0.05, 0) is 256 Å². The fraction of sp³-hybridized carbons (Fsp3) is 0.128. The summed E-state index contributed by atoms with van der Waals surface area (Å²) in [5.74, 6) is 0. The molecular weight excluding hydrogens is 1470 g/mol. The fourth-order valence-corrected chi connectivity index (χ4v) is 19.4. The third kappa shape index (κ3) is 13.8. The normalized spacial score (nSPS) is 13.4. The van der Waals surface area contributed by atoms with Crippen molar-refractivity contribution in [3.8, 4) is 100 Å². The number of rotatable bonds is 15. The molecule has 0 radical (unpaired) electrons. The lowest BCUT2D eigenvalue weighted by Crippen LogP contribution is -2.61. The van der Waals surface area contributed by atoms with Crippen LogP contribution in [0.5, 0.6) is 0 Å². The molecule has 2 aromatic heterocycles. The third-order valence-corrected chi connectivity index (χ3v) is 24.4. The maximum Gasteiger partial charge on any atom is 0.252 e. The van der Waals surface area contributed by atoms with Crippen molar-refractivity contribution in [3.63, 3.8) is 0 Å². The number of aromatic nitrogens is 2. The second kappa shape index (κ2) is 30.1. The maximum atomic E-state index is 10.5. The molecule has 0 aliphatic carbocycles. The molecule has 0 spiro atoms. The summed E-state index contributed by atoms with van der Waals surface area (Å²) in [5, 5.41) is 4.57. The maximum absolute atomic E-state index is 10.5. The zero-order chi connectivity index (χ0) is 86.3. The Labute approximate surface area is 723 Å². The van der Waals surface area contributed by atoms with E-state index in [9.17, 15) is 5.48 Å². The van der Waals surface area contributed by atoms with Gasteiger partial charge >= 0.3 is 0 Å². The van der Waals surface area contributed by atoms with Gasteiger partial charge in [0.25, 0.3) is 6.71 Å². The van der Waals surface area contributed by atoms with E-state index in [1.54, 1.807) is 0 Å². The average Bonchev–Trinajstić information content (AvgIpc) is 0.834. The molecule has 0 amide bonds. The van der Waals surface area contributed by atoms with Crippen LogP contribution in [-0.4, -0.2) is 15.8 Å². The van der Waals surface area contributed by atoms with Gasteiger partial charge in [0.05, 0.1) is 33.4 Å². The first kappa shape index (κ1) is 71.0. The number of hydrogen-bond acceptors (Lipinski definition) is 2. The van der Waals surface area contributed by atoms with Gasteiger partial charge in [0.2, 0.25) is 0 Å². The zero-order valence-corrected chi connectivity index (χ0v) is 70.5. The Kier molecular flexibility index (Phi) is 17.5. The van der Waals surface area contributed by atoms with Gasteiger partial charge in [-0.25, -0.2) is 0 Å². The van der Waals surface area contributed by atoms with Crippen LogP contribution in [0.4, 0.5) is 34.1 Å². The van der Waals surface area contributed by atoms with Crippen LogP contribution in [0, 0.1) is 16.2 Å². The van der Waals surface area contributed by atoms with Crippen molar-refractivity contribution in [2.75, 3.05) is 9.80 Å². The molecule has 0 fully saturated rings. The highest BCUT2D eigenvalue weighted by atomic mass is 15.2. The highest BCUT2D eigenvalue weighted by molar-refractivity contribution is 7.00. The molecule has 0 saturated carbocycles. The minimum absolute atomic E-state index is 0.226. The second-order valence-electron chi connectivity index (χ2n) is 36.5. The molecule has 4 heterocycles. The molecule has 0 unspecified atom stereocenters. The van der Waals surface area contributed by atoms with Gasteiger partial charge < -0.3 is 18.9 Å². The Bertz CT molecular complexity index is 6830. The Balaban J connectivity index is 0.920. The van der Waals surface area contributed by atoms with Crippen LogP contribution in [-0.2, 0) is 19.2 Å². The predicted molar refractivity (Wildman–Crippen MR) is 522 cm³/mol. The minimum atomic E-state index is -1.84. The van der Waals surface area contributed by atoms with Gasteiger partial charge in [-0.2, -0.15) is 0 Å². The molecule has 19 aromatic rings. The van der Waals surface area contributed by atoms with E-state index in [4.69, 9.17) is 0 Å². The van der Waals surface area contributed by atoms with Crippen LogP contribution in [0.25, 0.3) is 144 Å². The SMILES string of the molecule is [2H]C([2H])(c1cc(-c2ccccc2)c(N2c3cc(-n4c5ccc(-c6ccccc6)cc5c5cc(-c6ccccc6)ccc54)ccc3B3c4ccc(-n5c6ccc(-c7ccccc7)cc6c6cc(-c7ccccc7)ccc65)cc4N(c4cc(-c5ccccc5)c(C([2H])([2H])C(C)(C)C)cc4-c4ccccc4)c4cc(CC(C)(C)C)cc2c43)cc1-c1ccccc1)C(C)(C)C. The van der Waals surface area contributed by atoms with E-state index < -0.39 is 30.3 Å². The Morgan fingerprint density at radius 1 is 0.238 bits per heavy atom. The van der Waals surface area contributed by atoms with Crippen molar-refractivity contribution >= 4 is 101 Å². The number of anilines is 6. The van der Waals surface area contributed by atoms with E-state index in [1.165, 1.54) is 0 Å². The summed E-state index contributed by atoms with van der Waals surface area (Å²) in [5.41, 5.74) is 32.1. The molecule has 5 heteroatoms. The third-order valence-electron chi connectivity index (χ3n) is 24.4. The summed E-state index contributed by atoms with van der Waals surface area (Å²) in [6, 6.07) is 142. The molecule has 0 bridgehead atoms. The van der Waals surface area contributed by atoms with Crippen molar-refractivity contribution in [3.05, 3.63) is 405 Å². The van der Waals surface area contributed by atoms with Crippen LogP contribution in [0.2, 0.25) is 0 Å². The smallest absolute Gasteiger partial charge is 0.252 e. The van der Waals surface area contributed by atoms with Crippen LogP contribution >= 0.6 is 0 Å². The van der Waals surface area contributed by atoms with Crippen molar-refractivity contribution in [2.24, 2.45) is 16.2 Å². The zero-order valence-electron chi connectivity index (χ0n) is 74.5. The molecule has 4 nitrogen and oxygen atoms in total. The first-order valence-electron chi connectivity index (χ1n) is 44.9. The summed E-state index contributed by atoms with van der Waals surface area (Å²) in [7, 11) is 0. The average molecular weight is 1570 g/mol. The van der Waals surface area contributed by atoms with E-state index in [0.29, 0.717) is 17.5 Å². The first-order chi connectivity index (χ1) is 60.9. The molecule has 0 saturated heterocycles. The lowest BCUT2D eigenvalue weighted by atomic mass is 9.33. The second-order valence-corrected chi connectivity index (χ2v) is 36.5. The lowest BCUT2D eigenvalue weighted by molar-refractivity contribution is 0.411.